The molecule has 2 N–H and O–H groups in total. The molecule has 2 aromatic rings. The van der Waals surface area contributed by atoms with Crippen molar-refractivity contribution in [2.45, 2.75) is 24.8 Å². The van der Waals surface area contributed by atoms with Gasteiger partial charge in [0.1, 0.15) is 10.6 Å². The molecule has 0 aliphatic rings. The zero-order valence-corrected chi connectivity index (χ0v) is 13.5. The summed E-state index contributed by atoms with van der Waals surface area (Å²) < 4.78 is 37.2. The second-order valence-electron chi connectivity index (χ2n) is 5.01. The largest absolute Gasteiger partial charge is 0.495 e. The summed E-state index contributed by atoms with van der Waals surface area (Å²) in [6, 6.07) is 4.81. The maximum absolute atomic E-state index is 12.4. The Kier molecular flexibility index (Phi) is 4.90. The van der Waals surface area contributed by atoms with Crippen LogP contribution in [0.2, 0.25) is 0 Å². The van der Waals surface area contributed by atoms with Crippen LogP contribution in [0, 0.1) is 13.8 Å². The highest BCUT2D eigenvalue weighted by Crippen LogP contribution is 2.27. The van der Waals surface area contributed by atoms with Gasteiger partial charge >= 0.3 is 0 Å². The van der Waals surface area contributed by atoms with E-state index in [1.807, 2.05) is 13.8 Å². The number of ether oxygens (including phenoxy) is 1. The SMILES string of the molecule is COc1cc(C)c(C)cc1S(=O)(=O)NC[C@@H](O)c1ccoc1. The molecule has 0 saturated heterocycles. The van der Waals surface area contributed by atoms with Gasteiger partial charge in [0.25, 0.3) is 0 Å². The molecular formula is C15H19NO5S. The third kappa shape index (κ3) is 3.49. The van der Waals surface area contributed by atoms with E-state index in [0.717, 1.165) is 11.1 Å². The average molecular weight is 325 g/mol. The van der Waals surface area contributed by atoms with Crippen LogP contribution in [0.5, 0.6) is 5.75 Å². The van der Waals surface area contributed by atoms with Crippen molar-refractivity contribution in [3.8, 4) is 5.75 Å². The molecule has 0 amide bonds. The molecule has 1 heterocycles. The minimum atomic E-state index is -3.79. The van der Waals surface area contributed by atoms with E-state index in [1.165, 1.54) is 19.6 Å². The van der Waals surface area contributed by atoms with Crippen LogP contribution in [-0.2, 0) is 10.0 Å². The van der Waals surface area contributed by atoms with E-state index in [1.54, 1.807) is 18.2 Å². The summed E-state index contributed by atoms with van der Waals surface area (Å²) in [4.78, 5) is 0.0532. The zero-order valence-electron chi connectivity index (χ0n) is 12.7. The van der Waals surface area contributed by atoms with E-state index >= 15 is 0 Å². The van der Waals surface area contributed by atoms with Crippen LogP contribution in [0.4, 0.5) is 0 Å². The Balaban J connectivity index is 2.22. The normalized spacial score (nSPS) is 13.1. The first-order valence-electron chi connectivity index (χ1n) is 6.70. The van der Waals surface area contributed by atoms with E-state index < -0.39 is 16.1 Å². The molecule has 1 aromatic carbocycles. The van der Waals surface area contributed by atoms with Gasteiger partial charge in [-0.1, -0.05) is 0 Å². The number of benzene rings is 1. The predicted octanol–water partition coefficient (Wildman–Crippen LogP) is 1.92. The van der Waals surface area contributed by atoms with Gasteiger partial charge in [0.2, 0.25) is 10.0 Å². The average Bonchev–Trinajstić information content (AvgIpc) is 3.01. The Labute approximate surface area is 129 Å². The van der Waals surface area contributed by atoms with Crippen molar-refractivity contribution in [3.05, 3.63) is 47.4 Å². The summed E-state index contributed by atoms with van der Waals surface area (Å²) in [5.41, 5.74) is 2.29. The lowest BCUT2D eigenvalue weighted by atomic mass is 10.1. The molecule has 0 aliphatic carbocycles. The molecule has 0 radical (unpaired) electrons. The van der Waals surface area contributed by atoms with Crippen molar-refractivity contribution in [1.82, 2.24) is 4.72 Å². The van der Waals surface area contributed by atoms with Crippen LogP contribution in [0.3, 0.4) is 0 Å². The number of hydrogen-bond acceptors (Lipinski definition) is 5. The summed E-state index contributed by atoms with van der Waals surface area (Å²) in [6.07, 6.45) is 1.81. The van der Waals surface area contributed by atoms with Crippen molar-refractivity contribution in [2.24, 2.45) is 0 Å². The highest BCUT2D eigenvalue weighted by atomic mass is 32.2. The monoisotopic (exact) mass is 325 g/mol. The highest BCUT2D eigenvalue weighted by molar-refractivity contribution is 7.89. The Morgan fingerprint density at radius 1 is 1.32 bits per heavy atom. The first kappa shape index (κ1) is 16.5. The van der Waals surface area contributed by atoms with Gasteiger partial charge in [-0.3, -0.25) is 0 Å². The molecule has 0 unspecified atom stereocenters. The smallest absolute Gasteiger partial charge is 0.244 e. The molecule has 120 valence electrons. The summed E-state index contributed by atoms with van der Waals surface area (Å²) in [7, 11) is -2.37. The van der Waals surface area contributed by atoms with Crippen LogP contribution in [0.1, 0.15) is 22.8 Å². The van der Waals surface area contributed by atoms with Gasteiger partial charge in [-0.05, 0) is 43.2 Å². The van der Waals surface area contributed by atoms with Gasteiger partial charge in [0, 0.05) is 12.1 Å². The third-order valence-corrected chi connectivity index (χ3v) is 4.91. The van der Waals surface area contributed by atoms with Crippen molar-refractivity contribution >= 4 is 10.0 Å². The second kappa shape index (κ2) is 6.51. The Hall–Kier alpha value is -1.83. The molecule has 6 nitrogen and oxygen atoms in total. The quantitative estimate of drug-likeness (QED) is 0.847. The molecule has 22 heavy (non-hydrogen) atoms. The first-order chi connectivity index (χ1) is 10.3. The predicted molar refractivity (Wildman–Crippen MR) is 81.3 cm³/mol. The van der Waals surface area contributed by atoms with Crippen molar-refractivity contribution < 1.29 is 22.7 Å². The lowest BCUT2D eigenvalue weighted by molar-refractivity contribution is 0.181. The lowest BCUT2D eigenvalue weighted by Gasteiger charge is -2.14. The Morgan fingerprint density at radius 2 is 2.00 bits per heavy atom. The number of hydrogen-bond donors (Lipinski definition) is 2. The number of sulfonamides is 1. The van der Waals surface area contributed by atoms with Gasteiger partial charge in [0.15, 0.2) is 0 Å². The lowest BCUT2D eigenvalue weighted by Crippen LogP contribution is -2.28. The summed E-state index contributed by atoms with van der Waals surface area (Å²) in [6.45, 7) is 3.55. The Bertz CT molecular complexity index is 738. The topological polar surface area (TPSA) is 88.8 Å². The molecule has 1 atom stereocenters. The zero-order chi connectivity index (χ0) is 16.3. The molecule has 1 aromatic heterocycles. The van der Waals surface area contributed by atoms with Crippen molar-refractivity contribution in [2.75, 3.05) is 13.7 Å². The molecule has 0 bridgehead atoms. The molecule has 0 aliphatic heterocycles. The minimum Gasteiger partial charge on any atom is -0.495 e. The fraction of sp³-hybridized carbons (Fsp3) is 0.333. The van der Waals surface area contributed by atoms with Gasteiger partial charge in [0.05, 0.1) is 25.7 Å². The molecule has 0 spiro atoms. The Morgan fingerprint density at radius 3 is 2.59 bits per heavy atom. The molecule has 0 saturated carbocycles. The van der Waals surface area contributed by atoms with Crippen LogP contribution >= 0.6 is 0 Å². The van der Waals surface area contributed by atoms with Gasteiger partial charge in [-0.2, -0.15) is 0 Å². The van der Waals surface area contributed by atoms with E-state index in [-0.39, 0.29) is 17.2 Å². The van der Waals surface area contributed by atoms with Gasteiger partial charge in [-0.15, -0.1) is 0 Å². The van der Waals surface area contributed by atoms with E-state index in [9.17, 15) is 13.5 Å². The maximum Gasteiger partial charge on any atom is 0.244 e. The maximum atomic E-state index is 12.4. The molecule has 0 fully saturated rings. The third-order valence-electron chi connectivity index (χ3n) is 3.46. The standard InChI is InChI=1S/C15H19NO5S/c1-10-6-14(20-3)15(7-11(10)2)22(18,19)16-8-13(17)12-4-5-21-9-12/h4-7,9,13,16-17H,8H2,1-3H3/t13-/m1/s1. The number of nitrogens with one attached hydrogen (secondary N) is 1. The molecule has 2 rings (SSSR count). The first-order valence-corrected chi connectivity index (χ1v) is 8.18. The van der Waals surface area contributed by atoms with E-state index in [4.69, 9.17) is 9.15 Å². The number of aliphatic hydroxyl groups excluding tert-OH is 1. The van der Waals surface area contributed by atoms with Crippen molar-refractivity contribution in [3.63, 3.8) is 0 Å². The summed E-state index contributed by atoms with van der Waals surface area (Å²) >= 11 is 0. The fourth-order valence-electron chi connectivity index (χ4n) is 1.98. The van der Waals surface area contributed by atoms with Crippen LogP contribution in [0.15, 0.2) is 40.0 Å². The van der Waals surface area contributed by atoms with Gasteiger partial charge < -0.3 is 14.3 Å². The number of furan rings is 1. The van der Waals surface area contributed by atoms with E-state index in [2.05, 4.69) is 4.72 Å². The van der Waals surface area contributed by atoms with E-state index in [0.29, 0.717) is 5.56 Å². The number of aliphatic hydroxyl groups is 1. The summed E-state index contributed by atoms with van der Waals surface area (Å²) in [5, 5.41) is 9.93. The van der Waals surface area contributed by atoms with Gasteiger partial charge in [-0.25, -0.2) is 13.1 Å². The fourth-order valence-corrected chi connectivity index (χ4v) is 3.25. The number of aryl methyl sites for hydroxylation is 2. The second-order valence-corrected chi connectivity index (χ2v) is 6.75. The highest BCUT2D eigenvalue weighted by Gasteiger charge is 2.22. The van der Waals surface area contributed by atoms with Crippen molar-refractivity contribution in [1.29, 1.82) is 0 Å². The van der Waals surface area contributed by atoms with Crippen LogP contribution in [0.25, 0.3) is 0 Å². The number of methoxy groups -OCH3 is 1. The molecular weight excluding hydrogens is 306 g/mol. The van der Waals surface area contributed by atoms with Crippen LogP contribution < -0.4 is 9.46 Å². The molecule has 7 heteroatoms. The van der Waals surface area contributed by atoms with Crippen LogP contribution in [-0.4, -0.2) is 27.2 Å². The number of rotatable bonds is 6. The summed E-state index contributed by atoms with van der Waals surface area (Å²) in [5.74, 6) is 0.272. The minimum absolute atomic E-state index is 0.0532.